The average Bonchev–Trinajstić information content (AvgIpc) is 3.29. The van der Waals surface area contributed by atoms with E-state index < -0.39 is 24.4 Å². The fourth-order valence-electron chi connectivity index (χ4n) is 4.18. The number of nitrogen functional groups attached to an aromatic ring is 1. The molecule has 0 radical (unpaired) electrons. The number of aromatic nitrogens is 2. The first-order chi connectivity index (χ1) is 15.9. The van der Waals surface area contributed by atoms with Crippen molar-refractivity contribution in [2.75, 3.05) is 25.5 Å². The lowest BCUT2D eigenvalue weighted by Crippen LogP contribution is -2.43. The number of pyridine rings is 2. The highest BCUT2D eigenvalue weighted by Crippen LogP contribution is 2.34. The van der Waals surface area contributed by atoms with Crippen LogP contribution in [0.25, 0.3) is 10.9 Å². The summed E-state index contributed by atoms with van der Waals surface area (Å²) in [5.41, 5.74) is 8.29. The van der Waals surface area contributed by atoms with E-state index in [1.54, 1.807) is 0 Å². The van der Waals surface area contributed by atoms with Crippen molar-refractivity contribution in [1.82, 2.24) is 14.9 Å². The lowest BCUT2D eigenvalue weighted by atomic mass is 10.0. The monoisotopic (exact) mass is 460 g/mol. The summed E-state index contributed by atoms with van der Waals surface area (Å²) in [6, 6.07) is 4.92. The van der Waals surface area contributed by atoms with Gasteiger partial charge in [-0.3, -0.25) is 4.79 Å². The van der Waals surface area contributed by atoms with Gasteiger partial charge in [0.05, 0.1) is 43.5 Å². The molecule has 5 rings (SSSR count). The molecular weight excluding hydrogens is 441 g/mol. The van der Waals surface area contributed by atoms with E-state index in [4.69, 9.17) is 15.2 Å². The third-order valence-corrected chi connectivity index (χ3v) is 5.79. The Balaban J connectivity index is 1.49. The molecular formula is C22H19F3N4O4. The molecule has 2 N–H and O–H groups in total. The van der Waals surface area contributed by atoms with Gasteiger partial charge in [-0.15, -0.1) is 0 Å². The molecule has 2 aromatic heterocycles. The first-order valence-corrected chi connectivity index (χ1v) is 10.2. The molecule has 0 spiro atoms. The topological polar surface area (TPSA) is 99.8 Å². The predicted molar refractivity (Wildman–Crippen MR) is 110 cm³/mol. The average molecular weight is 460 g/mol. The van der Waals surface area contributed by atoms with Gasteiger partial charge in [0.2, 0.25) is 5.88 Å². The number of carbonyl (C=O) groups is 1. The summed E-state index contributed by atoms with van der Waals surface area (Å²) in [4.78, 5) is 23.0. The number of morpholine rings is 1. The van der Waals surface area contributed by atoms with Gasteiger partial charge >= 0.3 is 6.61 Å². The second-order valence-corrected chi connectivity index (χ2v) is 7.69. The van der Waals surface area contributed by atoms with E-state index in [0.29, 0.717) is 29.7 Å². The summed E-state index contributed by atoms with van der Waals surface area (Å²) in [5.74, 6) is -1.21. The first-order valence-electron chi connectivity index (χ1n) is 10.2. The number of hydrogen-bond donors (Lipinski definition) is 1. The van der Waals surface area contributed by atoms with Gasteiger partial charge in [-0.05, 0) is 23.3 Å². The minimum absolute atomic E-state index is 0.110. The minimum atomic E-state index is -2.99. The minimum Gasteiger partial charge on any atom is -0.417 e. The Morgan fingerprint density at radius 3 is 2.79 bits per heavy atom. The second kappa shape index (κ2) is 8.49. The maximum Gasteiger partial charge on any atom is 0.388 e. The number of carbonyl (C=O) groups excluding carboxylic acids is 1. The number of rotatable bonds is 4. The number of amides is 1. The number of ether oxygens (including phenoxy) is 3. The van der Waals surface area contributed by atoms with Crippen LogP contribution in [0.1, 0.15) is 33.1 Å². The predicted octanol–water partition coefficient (Wildman–Crippen LogP) is 3.20. The molecule has 1 fully saturated rings. The Morgan fingerprint density at radius 2 is 2.03 bits per heavy atom. The molecule has 8 nitrogen and oxygen atoms in total. The SMILES string of the molecule is Nc1nc2cc(F)c(C(=O)N3CCOC[C@@H]3c3ccc(OC(F)F)nc3)cc2c2c1COC2. The molecule has 4 heterocycles. The van der Waals surface area contributed by atoms with Crippen LogP contribution in [-0.4, -0.2) is 47.1 Å². The largest absolute Gasteiger partial charge is 0.417 e. The summed E-state index contributed by atoms with van der Waals surface area (Å²) < 4.78 is 55.1. The van der Waals surface area contributed by atoms with Crippen molar-refractivity contribution in [2.45, 2.75) is 25.9 Å². The van der Waals surface area contributed by atoms with E-state index >= 15 is 4.39 Å². The summed E-state index contributed by atoms with van der Waals surface area (Å²) in [7, 11) is 0. The van der Waals surface area contributed by atoms with E-state index in [-0.39, 0.29) is 37.0 Å². The molecule has 3 aromatic rings. The fourth-order valence-corrected chi connectivity index (χ4v) is 4.18. The van der Waals surface area contributed by atoms with E-state index in [9.17, 15) is 13.6 Å². The number of fused-ring (bicyclic) bond motifs is 3. The smallest absolute Gasteiger partial charge is 0.388 e. The quantitative estimate of drug-likeness (QED) is 0.638. The molecule has 11 heteroatoms. The van der Waals surface area contributed by atoms with Crippen molar-refractivity contribution in [3.63, 3.8) is 0 Å². The van der Waals surface area contributed by atoms with Crippen LogP contribution in [0, 0.1) is 5.82 Å². The zero-order valence-corrected chi connectivity index (χ0v) is 17.3. The van der Waals surface area contributed by atoms with Crippen molar-refractivity contribution < 1.29 is 32.2 Å². The molecule has 1 amide bonds. The third-order valence-electron chi connectivity index (χ3n) is 5.79. The Labute approximate surface area is 186 Å². The first kappa shape index (κ1) is 21.4. The second-order valence-electron chi connectivity index (χ2n) is 7.69. The maximum absolute atomic E-state index is 15.0. The highest BCUT2D eigenvalue weighted by atomic mass is 19.3. The van der Waals surface area contributed by atoms with Crippen molar-refractivity contribution in [3.8, 4) is 5.88 Å². The molecule has 2 aliphatic heterocycles. The maximum atomic E-state index is 15.0. The van der Waals surface area contributed by atoms with Crippen molar-refractivity contribution in [1.29, 1.82) is 0 Å². The Morgan fingerprint density at radius 1 is 1.21 bits per heavy atom. The van der Waals surface area contributed by atoms with Gasteiger partial charge in [-0.2, -0.15) is 8.78 Å². The molecule has 0 saturated carbocycles. The van der Waals surface area contributed by atoms with Gasteiger partial charge in [-0.1, -0.05) is 0 Å². The molecule has 0 bridgehead atoms. The summed E-state index contributed by atoms with van der Waals surface area (Å²) in [6.07, 6.45) is 1.34. The van der Waals surface area contributed by atoms with Crippen LogP contribution in [0.4, 0.5) is 19.0 Å². The lowest BCUT2D eigenvalue weighted by Gasteiger charge is -2.36. The van der Waals surface area contributed by atoms with Crippen LogP contribution in [0.3, 0.4) is 0 Å². The number of benzene rings is 1. The number of anilines is 1. The van der Waals surface area contributed by atoms with Crippen LogP contribution in [0.2, 0.25) is 0 Å². The van der Waals surface area contributed by atoms with Crippen LogP contribution in [0.5, 0.6) is 5.88 Å². The fraction of sp³-hybridized carbons (Fsp3) is 0.318. The normalized spacial score (nSPS) is 18.1. The summed E-state index contributed by atoms with van der Waals surface area (Å²) in [5, 5.41) is 0.612. The highest BCUT2D eigenvalue weighted by Gasteiger charge is 2.32. The molecule has 1 aromatic carbocycles. The Bertz CT molecular complexity index is 1220. The van der Waals surface area contributed by atoms with Crippen molar-refractivity contribution in [3.05, 3.63) is 58.5 Å². The Hall–Kier alpha value is -3.44. The number of nitrogens with two attached hydrogens (primary N) is 1. The lowest BCUT2D eigenvalue weighted by molar-refractivity contribution is -0.0529. The van der Waals surface area contributed by atoms with Gasteiger partial charge in [0.1, 0.15) is 11.6 Å². The van der Waals surface area contributed by atoms with Crippen molar-refractivity contribution >= 4 is 22.6 Å². The van der Waals surface area contributed by atoms with E-state index in [1.807, 2.05) is 0 Å². The zero-order chi connectivity index (χ0) is 23.1. The van der Waals surface area contributed by atoms with Gasteiger partial charge in [0.15, 0.2) is 0 Å². The van der Waals surface area contributed by atoms with Gasteiger partial charge in [0, 0.05) is 35.8 Å². The van der Waals surface area contributed by atoms with Gasteiger partial charge in [0.25, 0.3) is 5.91 Å². The van der Waals surface area contributed by atoms with Crippen LogP contribution in [-0.2, 0) is 22.7 Å². The van der Waals surface area contributed by atoms with Gasteiger partial charge in [-0.25, -0.2) is 14.4 Å². The zero-order valence-electron chi connectivity index (χ0n) is 17.3. The number of hydrogen-bond acceptors (Lipinski definition) is 7. The highest BCUT2D eigenvalue weighted by molar-refractivity contribution is 5.99. The van der Waals surface area contributed by atoms with E-state index in [1.165, 1.54) is 35.4 Å². The van der Waals surface area contributed by atoms with Crippen LogP contribution in [0.15, 0.2) is 30.5 Å². The van der Waals surface area contributed by atoms with Crippen molar-refractivity contribution in [2.24, 2.45) is 0 Å². The summed E-state index contributed by atoms with van der Waals surface area (Å²) >= 11 is 0. The molecule has 2 aliphatic rings. The van der Waals surface area contributed by atoms with E-state index in [0.717, 1.165) is 11.1 Å². The molecule has 33 heavy (non-hydrogen) atoms. The standard InChI is InChI=1S/C22H19F3N4O4/c23-16-6-17-12(14-8-32-9-15(14)20(26)28-17)5-13(16)21(30)29-3-4-31-10-18(29)11-1-2-19(27-7-11)33-22(24)25/h1-2,5-7,18,22H,3-4,8-10H2,(H2,26,28)/t18-/m1/s1. The van der Waals surface area contributed by atoms with Crippen LogP contribution >= 0.6 is 0 Å². The summed E-state index contributed by atoms with van der Waals surface area (Å²) in [6.45, 7) is -1.73. The van der Waals surface area contributed by atoms with Crippen LogP contribution < -0.4 is 10.5 Å². The number of nitrogens with zero attached hydrogens (tertiary/aromatic N) is 3. The molecule has 0 unspecified atom stereocenters. The molecule has 172 valence electrons. The number of alkyl halides is 2. The Kier molecular flexibility index (Phi) is 5.51. The third kappa shape index (κ3) is 3.93. The number of halogens is 3. The molecule has 0 aliphatic carbocycles. The van der Waals surface area contributed by atoms with Gasteiger partial charge < -0.3 is 24.8 Å². The van der Waals surface area contributed by atoms with E-state index in [2.05, 4.69) is 14.7 Å². The molecule has 1 saturated heterocycles. The molecule has 1 atom stereocenters.